The molecule has 0 heterocycles. The number of rotatable bonds is 4. The van der Waals surface area contributed by atoms with Gasteiger partial charge in [-0.25, -0.2) is 0 Å². The molecule has 0 aromatic heterocycles. The van der Waals surface area contributed by atoms with E-state index in [1.807, 2.05) is 0 Å². The van der Waals surface area contributed by atoms with Crippen LogP contribution in [-0.4, -0.2) is 6.04 Å². The molecule has 0 fully saturated rings. The van der Waals surface area contributed by atoms with E-state index >= 15 is 0 Å². The Morgan fingerprint density at radius 1 is 1.29 bits per heavy atom. The molecule has 0 aliphatic heterocycles. The summed E-state index contributed by atoms with van der Waals surface area (Å²) in [5.74, 6) is 6.04. The molecule has 78 valence electrons. The molecule has 1 aromatic rings. The van der Waals surface area contributed by atoms with Gasteiger partial charge in [-0.1, -0.05) is 41.9 Å². The molecule has 0 saturated carbocycles. The summed E-state index contributed by atoms with van der Waals surface area (Å²) in [5.41, 5.74) is 4.16. The van der Waals surface area contributed by atoms with Crippen LogP contribution < -0.4 is 11.3 Å². The Bertz CT molecular complexity index is 269. The maximum atomic E-state index is 5.49. The van der Waals surface area contributed by atoms with Crippen LogP contribution in [0.5, 0.6) is 0 Å². The largest absolute Gasteiger partial charge is 0.271 e. The van der Waals surface area contributed by atoms with E-state index in [9.17, 15) is 0 Å². The Hall–Kier alpha value is -0.380. The van der Waals surface area contributed by atoms with Gasteiger partial charge in [0.1, 0.15) is 0 Å². The van der Waals surface area contributed by atoms with Crippen molar-refractivity contribution in [1.82, 2.24) is 5.43 Å². The molecule has 0 radical (unpaired) electrons. The third-order valence-electron chi connectivity index (χ3n) is 2.39. The van der Waals surface area contributed by atoms with Crippen LogP contribution in [0.15, 0.2) is 28.7 Å². The second-order valence-corrected chi connectivity index (χ2v) is 4.76. The number of nitrogens with one attached hydrogen (secondary N) is 1. The van der Waals surface area contributed by atoms with Crippen LogP contribution in [0.25, 0.3) is 0 Å². The van der Waals surface area contributed by atoms with Crippen LogP contribution in [-0.2, 0) is 6.42 Å². The molecule has 3 N–H and O–H groups in total. The van der Waals surface area contributed by atoms with E-state index in [2.05, 4.69) is 59.5 Å². The standard InChI is InChI=1S/C11H17BrN2/c1-8(2)11(14-13)7-9-3-5-10(12)6-4-9/h3-6,8,11,14H,7,13H2,1-2H3. The smallest absolute Gasteiger partial charge is 0.0273 e. The van der Waals surface area contributed by atoms with Crippen molar-refractivity contribution >= 4 is 15.9 Å². The Kier molecular flexibility index (Phi) is 4.58. The summed E-state index contributed by atoms with van der Waals surface area (Å²) in [7, 11) is 0. The maximum Gasteiger partial charge on any atom is 0.0273 e. The highest BCUT2D eigenvalue weighted by Gasteiger charge is 2.11. The zero-order valence-corrected chi connectivity index (χ0v) is 10.2. The molecular formula is C11H17BrN2. The lowest BCUT2D eigenvalue weighted by Gasteiger charge is -2.19. The van der Waals surface area contributed by atoms with Gasteiger partial charge in [0.2, 0.25) is 0 Å². The average Bonchev–Trinajstić information content (AvgIpc) is 2.16. The first kappa shape index (κ1) is 11.7. The van der Waals surface area contributed by atoms with Crippen molar-refractivity contribution in [3.63, 3.8) is 0 Å². The Balaban J connectivity index is 2.63. The topological polar surface area (TPSA) is 38.0 Å². The zero-order chi connectivity index (χ0) is 10.6. The van der Waals surface area contributed by atoms with E-state index in [4.69, 9.17) is 5.84 Å². The first-order valence-corrected chi connectivity index (χ1v) is 5.63. The third kappa shape index (κ3) is 3.40. The summed E-state index contributed by atoms with van der Waals surface area (Å²) in [5, 5.41) is 0. The Morgan fingerprint density at radius 2 is 1.86 bits per heavy atom. The summed E-state index contributed by atoms with van der Waals surface area (Å²) >= 11 is 3.42. The minimum Gasteiger partial charge on any atom is -0.271 e. The van der Waals surface area contributed by atoms with Gasteiger partial charge in [-0.15, -0.1) is 0 Å². The minimum atomic E-state index is 0.344. The fourth-order valence-corrected chi connectivity index (χ4v) is 1.63. The molecule has 0 saturated heterocycles. The molecule has 2 nitrogen and oxygen atoms in total. The molecule has 1 rings (SSSR count). The molecule has 0 aliphatic carbocycles. The molecule has 1 unspecified atom stereocenters. The second-order valence-electron chi connectivity index (χ2n) is 3.85. The van der Waals surface area contributed by atoms with Crippen LogP contribution in [0.1, 0.15) is 19.4 Å². The lowest BCUT2D eigenvalue weighted by Crippen LogP contribution is -2.40. The Labute approximate surface area is 94.0 Å². The summed E-state index contributed by atoms with van der Waals surface area (Å²) in [6, 6.07) is 8.70. The maximum absolute atomic E-state index is 5.49. The van der Waals surface area contributed by atoms with E-state index in [0.717, 1.165) is 10.9 Å². The van der Waals surface area contributed by atoms with Gasteiger partial charge in [0.05, 0.1) is 0 Å². The number of halogens is 1. The van der Waals surface area contributed by atoms with Crippen LogP contribution >= 0.6 is 15.9 Å². The van der Waals surface area contributed by atoms with E-state index in [0.29, 0.717) is 12.0 Å². The van der Waals surface area contributed by atoms with E-state index in [-0.39, 0.29) is 0 Å². The van der Waals surface area contributed by atoms with Crippen molar-refractivity contribution in [2.75, 3.05) is 0 Å². The van der Waals surface area contributed by atoms with Gasteiger partial charge in [0.25, 0.3) is 0 Å². The highest BCUT2D eigenvalue weighted by Crippen LogP contribution is 2.14. The van der Waals surface area contributed by atoms with E-state index < -0.39 is 0 Å². The first-order chi connectivity index (χ1) is 6.63. The molecule has 0 aliphatic rings. The Morgan fingerprint density at radius 3 is 2.29 bits per heavy atom. The summed E-state index contributed by atoms with van der Waals surface area (Å²) < 4.78 is 1.11. The third-order valence-corrected chi connectivity index (χ3v) is 2.92. The van der Waals surface area contributed by atoms with Crippen molar-refractivity contribution in [1.29, 1.82) is 0 Å². The lowest BCUT2D eigenvalue weighted by atomic mass is 9.97. The monoisotopic (exact) mass is 256 g/mol. The molecule has 0 amide bonds. The normalized spacial score (nSPS) is 13.2. The summed E-state index contributed by atoms with van der Waals surface area (Å²) in [6.45, 7) is 4.34. The second kappa shape index (κ2) is 5.49. The van der Waals surface area contributed by atoms with Crippen LogP contribution in [0.3, 0.4) is 0 Å². The van der Waals surface area contributed by atoms with Gasteiger partial charge in [-0.3, -0.25) is 11.3 Å². The molecule has 3 heteroatoms. The van der Waals surface area contributed by atoms with Gasteiger partial charge < -0.3 is 0 Å². The number of benzene rings is 1. The SMILES string of the molecule is CC(C)C(Cc1ccc(Br)cc1)NN. The van der Waals surface area contributed by atoms with Gasteiger partial charge in [0, 0.05) is 10.5 Å². The molecular weight excluding hydrogens is 240 g/mol. The average molecular weight is 257 g/mol. The fraction of sp³-hybridized carbons (Fsp3) is 0.455. The predicted molar refractivity (Wildman–Crippen MR) is 63.8 cm³/mol. The number of hydrazine groups is 1. The van der Waals surface area contributed by atoms with Crippen LogP contribution in [0, 0.1) is 5.92 Å². The summed E-state index contributed by atoms with van der Waals surface area (Å²) in [4.78, 5) is 0. The zero-order valence-electron chi connectivity index (χ0n) is 8.63. The highest BCUT2D eigenvalue weighted by molar-refractivity contribution is 9.10. The van der Waals surface area contributed by atoms with Gasteiger partial charge in [0.15, 0.2) is 0 Å². The summed E-state index contributed by atoms with van der Waals surface area (Å²) in [6.07, 6.45) is 0.974. The molecule has 1 atom stereocenters. The quantitative estimate of drug-likeness (QED) is 0.642. The minimum absolute atomic E-state index is 0.344. The molecule has 1 aromatic carbocycles. The van der Waals surface area contributed by atoms with Gasteiger partial charge in [-0.2, -0.15) is 0 Å². The molecule has 0 spiro atoms. The number of hydrogen-bond donors (Lipinski definition) is 2. The molecule has 14 heavy (non-hydrogen) atoms. The van der Waals surface area contributed by atoms with Crippen molar-refractivity contribution < 1.29 is 0 Å². The number of hydrogen-bond acceptors (Lipinski definition) is 2. The first-order valence-electron chi connectivity index (χ1n) is 4.84. The number of nitrogens with two attached hydrogens (primary N) is 1. The van der Waals surface area contributed by atoms with Gasteiger partial charge in [-0.05, 0) is 30.0 Å². The van der Waals surface area contributed by atoms with Crippen molar-refractivity contribution in [3.05, 3.63) is 34.3 Å². The van der Waals surface area contributed by atoms with Crippen molar-refractivity contribution in [3.8, 4) is 0 Å². The van der Waals surface area contributed by atoms with E-state index in [1.165, 1.54) is 5.56 Å². The fourth-order valence-electron chi connectivity index (χ4n) is 1.36. The van der Waals surface area contributed by atoms with Crippen LogP contribution in [0.2, 0.25) is 0 Å². The van der Waals surface area contributed by atoms with Gasteiger partial charge >= 0.3 is 0 Å². The van der Waals surface area contributed by atoms with Crippen LogP contribution in [0.4, 0.5) is 0 Å². The highest BCUT2D eigenvalue weighted by atomic mass is 79.9. The lowest BCUT2D eigenvalue weighted by molar-refractivity contribution is 0.404. The molecule has 0 bridgehead atoms. The predicted octanol–water partition coefficient (Wildman–Crippen LogP) is 2.48. The van der Waals surface area contributed by atoms with Crippen molar-refractivity contribution in [2.45, 2.75) is 26.3 Å². The van der Waals surface area contributed by atoms with E-state index in [1.54, 1.807) is 0 Å². The van der Waals surface area contributed by atoms with Crippen molar-refractivity contribution in [2.24, 2.45) is 11.8 Å².